The lowest BCUT2D eigenvalue weighted by Crippen LogP contribution is -2.30. The van der Waals surface area contributed by atoms with Crippen molar-refractivity contribution in [2.24, 2.45) is 0 Å². The van der Waals surface area contributed by atoms with Crippen LogP contribution < -0.4 is 10.6 Å². The fraction of sp³-hybridized carbons (Fsp3) is 0.278. The first-order valence-corrected chi connectivity index (χ1v) is 7.78. The molecule has 0 unspecified atom stereocenters. The summed E-state index contributed by atoms with van der Waals surface area (Å²) in [4.78, 5) is 23.8. The van der Waals surface area contributed by atoms with Crippen LogP contribution in [0.4, 0.5) is 0 Å². The Morgan fingerprint density at radius 2 is 2.12 bits per heavy atom. The maximum atomic E-state index is 12.1. The highest BCUT2D eigenvalue weighted by Gasteiger charge is 2.12. The molecule has 0 fully saturated rings. The second kappa shape index (κ2) is 8.66. The molecule has 2 N–H and O–H groups in total. The molecule has 2 rings (SSSR count). The van der Waals surface area contributed by atoms with Crippen LogP contribution in [0.15, 0.2) is 36.0 Å². The summed E-state index contributed by atoms with van der Waals surface area (Å²) in [5.41, 5.74) is 1.57. The summed E-state index contributed by atoms with van der Waals surface area (Å²) in [7, 11) is 3.05. The average Bonchev–Trinajstić information content (AvgIpc) is 2.97. The first kappa shape index (κ1) is 18.2. The monoisotopic (exact) mass is 340 g/mol. The number of amides is 2. The Morgan fingerprint density at radius 3 is 2.80 bits per heavy atom. The van der Waals surface area contributed by atoms with Gasteiger partial charge in [-0.1, -0.05) is 18.2 Å². The molecule has 0 atom stereocenters. The zero-order chi connectivity index (χ0) is 18.2. The number of nitrogens with zero attached hydrogens (tertiary/aromatic N) is 2. The summed E-state index contributed by atoms with van der Waals surface area (Å²) in [5.74, 6) is -0.586. The van der Waals surface area contributed by atoms with Crippen LogP contribution in [-0.2, 0) is 20.9 Å². The minimum atomic E-state index is -0.448. The van der Waals surface area contributed by atoms with E-state index in [1.54, 1.807) is 17.9 Å². The number of aromatic nitrogens is 1. The second-order valence-electron chi connectivity index (χ2n) is 5.32. The molecule has 1 aromatic carbocycles. The molecule has 0 radical (unpaired) electrons. The number of likely N-dealkylation sites (N-methyl/N-ethyl adjacent to an activating group) is 1. The van der Waals surface area contributed by atoms with E-state index in [1.807, 2.05) is 30.3 Å². The normalized spacial score (nSPS) is 11.2. The zero-order valence-corrected chi connectivity index (χ0v) is 14.2. The fourth-order valence-electron chi connectivity index (χ4n) is 2.46. The van der Waals surface area contributed by atoms with Crippen molar-refractivity contribution < 1.29 is 14.3 Å². The summed E-state index contributed by atoms with van der Waals surface area (Å²) >= 11 is 0. The molecule has 0 aliphatic carbocycles. The quantitative estimate of drug-likeness (QED) is 0.447. The Bertz CT molecular complexity index is 846. The number of carbonyl (C=O) groups is 2. The van der Waals surface area contributed by atoms with E-state index in [2.05, 4.69) is 10.6 Å². The lowest BCUT2D eigenvalue weighted by Gasteiger charge is -2.06. The molecule has 2 aromatic rings. The van der Waals surface area contributed by atoms with Crippen molar-refractivity contribution in [3.8, 4) is 6.07 Å². The second-order valence-corrected chi connectivity index (χ2v) is 5.32. The zero-order valence-electron chi connectivity index (χ0n) is 14.2. The van der Waals surface area contributed by atoms with Gasteiger partial charge in [0.1, 0.15) is 18.2 Å². The number of benzene rings is 1. The van der Waals surface area contributed by atoms with E-state index in [4.69, 9.17) is 4.74 Å². The smallest absolute Gasteiger partial charge is 0.261 e. The maximum Gasteiger partial charge on any atom is 0.261 e. The molecule has 7 heteroatoms. The van der Waals surface area contributed by atoms with Crippen molar-refractivity contribution in [3.63, 3.8) is 0 Å². The highest BCUT2D eigenvalue weighted by Crippen LogP contribution is 2.23. The summed E-state index contributed by atoms with van der Waals surface area (Å²) in [6, 6.07) is 9.42. The molecular formula is C18H20N4O3. The summed E-state index contributed by atoms with van der Waals surface area (Å²) in [6.07, 6.45) is 3.29. The number of methoxy groups -OCH3 is 1. The van der Waals surface area contributed by atoms with E-state index in [9.17, 15) is 14.9 Å². The van der Waals surface area contributed by atoms with Gasteiger partial charge in [-0.2, -0.15) is 5.26 Å². The van der Waals surface area contributed by atoms with Gasteiger partial charge in [0.25, 0.3) is 5.91 Å². The van der Waals surface area contributed by atoms with E-state index >= 15 is 0 Å². The van der Waals surface area contributed by atoms with E-state index in [0.29, 0.717) is 18.7 Å². The molecule has 0 aliphatic rings. The molecule has 2 amide bonds. The molecule has 0 aliphatic heterocycles. The van der Waals surface area contributed by atoms with Crippen LogP contribution in [0.25, 0.3) is 17.0 Å². The van der Waals surface area contributed by atoms with Gasteiger partial charge in [-0.25, -0.2) is 0 Å². The Kier molecular flexibility index (Phi) is 6.32. The Balaban J connectivity index is 2.34. The van der Waals surface area contributed by atoms with Crippen LogP contribution in [0.2, 0.25) is 0 Å². The third-order valence-corrected chi connectivity index (χ3v) is 3.65. The molecule has 130 valence electrons. The van der Waals surface area contributed by atoms with Crippen molar-refractivity contribution in [1.82, 2.24) is 15.2 Å². The largest absolute Gasteiger partial charge is 0.383 e. The molecule has 0 bridgehead atoms. The molecular weight excluding hydrogens is 320 g/mol. The number of carbonyl (C=O) groups excluding carboxylic acids is 2. The van der Waals surface area contributed by atoms with Gasteiger partial charge in [0.05, 0.1) is 6.61 Å². The van der Waals surface area contributed by atoms with Crippen molar-refractivity contribution in [2.45, 2.75) is 6.54 Å². The van der Waals surface area contributed by atoms with Gasteiger partial charge in [-0.3, -0.25) is 9.59 Å². The number of nitrogens with one attached hydrogen (secondary N) is 2. The lowest BCUT2D eigenvalue weighted by atomic mass is 10.1. The van der Waals surface area contributed by atoms with E-state index in [0.717, 1.165) is 10.9 Å². The minimum Gasteiger partial charge on any atom is -0.383 e. The van der Waals surface area contributed by atoms with Gasteiger partial charge in [0, 0.05) is 43.4 Å². The Hall–Kier alpha value is -3.11. The molecule has 1 aromatic heterocycles. The van der Waals surface area contributed by atoms with Crippen LogP contribution >= 0.6 is 0 Å². The number of ether oxygens (including phenoxy) is 1. The Labute approximate surface area is 145 Å². The number of hydrogen-bond acceptors (Lipinski definition) is 4. The summed E-state index contributed by atoms with van der Waals surface area (Å²) in [5, 5.41) is 15.2. The van der Waals surface area contributed by atoms with Gasteiger partial charge in [0.2, 0.25) is 5.91 Å². The lowest BCUT2D eigenvalue weighted by molar-refractivity contribution is -0.121. The van der Waals surface area contributed by atoms with Crippen LogP contribution in [-0.4, -0.2) is 43.7 Å². The summed E-state index contributed by atoms with van der Waals surface area (Å²) < 4.78 is 6.70. The van der Waals surface area contributed by atoms with Gasteiger partial charge in [-0.05, 0) is 12.1 Å². The van der Waals surface area contributed by atoms with Gasteiger partial charge in [0.15, 0.2) is 0 Å². The molecule has 25 heavy (non-hydrogen) atoms. The van der Waals surface area contributed by atoms with Crippen LogP contribution in [0.3, 0.4) is 0 Å². The van der Waals surface area contributed by atoms with Gasteiger partial charge in [-0.15, -0.1) is 0 Å². The van der Waals surface area contributed by atoms with Gasteiger partial charge < -0.3 is 19.9 Å². The molecule has 0 spiro atoms. The van der Waals surface area contributed by atoms with E-state index < -0.39 is 5.91 Å². The van der Waals surface area contributed by atoms with Crippen LogP contribution in [0.1, 0.15) is 5.56 Å². The third kappa shape index (κ3) is 4.46. The first-order valence-electron chi connectivity index (χ1n) is 7.78. The van der Waals surface area contributed by atoms with Crippen molar-refractivity contribution in [2.75, 3.05) is 27.3 Å². The van der Waals surface area contributed by atoms with E-state index in [1.165, 1.54) is 13.1 Å². The number of hydrogen-bond donors (Lipinski definition) is 2. The minimum absolute atomic E-state index is 0.00921. The Morgan fingerprint density at radius 1 is 1.36 bits per heavy atom. The predicted molar refractivity (Wildman–Crippen MR) is 94.5 cm³/mol. The fourth-order valence-corrected chi connectivity index (χ4v) is 2.46. The van der Waals surface area contributed by atoms with Crippen LogP contribution in [0.5, 0.6) is 0 Å². The number of para-hydroxylation sites is 1. The number of fused-ring (bicyclic) bond motifs is 1. The predicted octanol–water partition coefficient (Wildman–Crippen LogP) is 1.06. The SMILES string of the molecule is CNC(=O)/C(C#N)=C/c1cn(CC(=O)NCCOC)c2ccccc12. The first-order chi connectivity index (χ1) is 12.1. The van der Waals surface area contributed by atoms with Crippen LogP contribution in [0, 0.1) is 11.3 Å². The van der Waals surface area contributed by atoms with Crippen molar-refractivity contribution >= 4 is 28.8 Å². The molecule has 0 saturated carbocycles. The molecule has 7 nitrogen and oxygen atoms in total. The van der Waals surface area contributed by atoms with Crippen molar-refractivity contribution in [3.05, 3.63) is 41.6 Å². The topological polar surface area (TPSA) is 96.2 Å². The van der Waals surface area contributed by atoms with E-state index in [-0.39, 0.29) is 18.0 Å². The number of rotatable bonds is 7. The third-order valence-electron chi connectivity index (χ3n) is 3.65. The standard InChI is InChI=1S/C18H20N4O3/c1-20-18(24)13(10-19)9-14-11-22(12-17(23)21-7-8-25-2)16-6-4-3-5-15(14)16/h3-6,9,11H,7-8,12H2,1-2H3,(H,20,24)(H,21,23)/b13-9+. The highest BCUT2D eigenvalue weighted by molar-refractivity contribution is 6.04. The molecule has 1 heterocycles. The average molecular weight is 340 g/mol. The maximum absolute atomic E-state index is 12.1. The molecule has 0 saturated heterocycles. The van der Waals surface area contributed by atoms with Crippen molar-refractivity contribution in [1.29, 1.82) is 5.26 Å². The summed E-state index contributed by atoms with van der Waals surface area (Å²) in [6.45, 7) is 1.03. The number of nitriles is 1. The highest BCUT2D eigenvalue weighted by atomic mass is 16.5. The van der Waals surface area contributed by atoms with Gasteiger partial charge >= 0.3 is 0 Å².